The van der Waals surface area contributed by atoms with Crippen LogP contribution in [0, 0.1) is 17.7 Å². The van der Waals surface area contributed by atoms with Crippen molar-refractivity contribution < 1.29 is 22.3 Å². The molecule has 0 saturated heterocycles. The number of sulfonamides is 1. The Balaban J connectivity index is 1.92. The summed E-state index contributed by atoms with van der Waals surface area (Å²) in [4.78, 5) is 12.0. The highest BCUT2D eigenvalue weighted by Gasteiger charge is 2.37. The standard InChI is InChI=1S/C20H30FNO4S/c1-4-14(3)6-7-15(5-2)13-26-19-11-8-16(12-18(19)21)20(23)22-27(24,25)17-9-10-17/h8,11-12,14-15,17H,4-7,9-10,13H2,1-3H3,(H,22,23). The van der Waals surface area contributed by atoms with Crippen LogP contribution >= 0.6 is 0 Å². The van der Waals surface area contributed by atoms with Crippen molar-refractivity contribution in [2.24, 2.45) is 11.8 Å². The molecule has 1 fully saturated rings. The van der Waals surface area contributed by atoms with Crippen molar-refractivity contribution in [1.29, 1.82) is 0 Å². The molecule has 0 aromatic heterocycles. The molecular weight excluding hydrogens is 369 g/mol. The minimum atomic E-state index is -3.65. The predicted octanol–water partition coefficient (Wildman–Crippen LogP) is 4.28. The second kappa shape index (κ2) is 9.53. The second-order valence-corrected chi connectivity index (χ2v) is 9.46. The molecule has 0 spiro atoms. The number of hydrogen-bond acceptors (Lipinski definition) is 4. The molecule has 1 aliphatic carbocycles. The van der Waals surface area contributed by atoms with E-state index in [0.29, 0.717) is 31.3 Å². The first-order chi connectivity index (χ1) is 12.8. The molecule has 1 N–H and O–H groups in total. The van der Waals surface area contributed by atoms with Crippen molar-refractivity contribution in [3.05, 3.63) is 29.6 Å². The molecule has 7 heteroatoms. The zero-order valence-corrected chi connectivity index (χ0v) is 17.1. The largest absolute Gasteiger partial charge is 0.490 e. The third-order valence-electron chi connectivity index (χ3n) is 5.21. The Morgan fingerprint density at radius 3 is 2.52 bits per heavy atom. The molecule has 0 aliphatic heterocycles. The number of nitrogens with one attached hydrogen (secondary N) is 1. The van der Waals surface area contributed by atoms with Crippen molar-refractivity contribution in [3.8, 4) is 5.75 Å². The van der Waals surface area contributed by atoms with Crippen LogP contribution in [0.15, 0.2) is 18.2 Å². The van der Waals surface area contributed by atoms with Gasteiger partial charge in [-0.25, -0.2) is 17.5 Å². The van der Waals surface area contributed by atoms with E-state index in [-0.39, 0.29) is 11.3 Å². The lowest BCUT2D eigenvalue weighted by atomic mass is 9.94. The lowest BCUT2D eigenvalue weighted by Gasteiger charge is -2.18. The average molecular weight is 400 g/mol. The number of benzene rings is 1. The number of carbonyl (C=O) groups excluding carboxylic acids is 1. The maximum Gasteiger partial charge on any atom is 0.264 e. The summed E-state index contributed by atoms with van der Waals surface area (Å²) >= 11 is 0. The van der Waals surface area contributed by atoms with Crippen LogP contribution in [0.5, 0.6) is 5.75 Å². The summed E-state index contributed by atoms with van der Waals surface area (Å²) in [6, 6.07) is 3.79. The third kappa shape index (κ3) is 6.48. The van der Waals surface area contributed by atoms with Crippen LogP contribution in [0.1, 0.15) is 69.7 Å². The van der Waals surface area contributed by atoms with E-state index in [1.165, 1.54) is 12.1 Å². The molecule has 1 amide bonds. The molecule has 0 heterocycles. The summed E-state index contributed by atoms with van der Waals surface area (Å²) in [5, 5.41) is -0.504. The maximum absolute atomic E-state index is 14.3. The van der Waals surface area contributed by atoms with E-state index < -0.39 is 27.0 Å². The zero-order chi connectivity index (χ0) is 20.0. The monoisotopic (exact) mass is 399 g/mol. The molecule has 27 heavy (non-hydrogen) atoms. The molecule has 2 atom stereocenters. The Bertz CT molecular complexity index is 746. The van der Waals surface area contributed by atoms with Gasteiger partial charge in [-0.15, -0.1) is 0 Å². The lowest BCUT2D eigenvalue weighted by molar-refractivity contribution is 0.0980. The van der Waals surface area contributed by atoms with Crippen LogP contribution in [0.2, 0.25) is 0 Å². The van der Waals surface area contributed by atoms with Crippen LogP contribution in [0.4, 0.5) is 4.39 Å². The third-order valence-corrected chi connectivity index (χ3v) is 7.03. The van der Waals surface area contributed by atoms with Gasteiger partial charge in [0, 0.05) is 5.56 Å². The number of halogens is 1. The van der Waals surface area contributed by atoms with Gasteiger partial charge >= 0.3 is 0 Å². The zero-order valence-electron chi connectivity index (χ0n) is 16.3. The van der Waals surface area contributed by atoms with Gasteiger partial charge in [-0.2, -0.15) is 0 Å². The number of amides is 1. The highest BCUT2D eigenvalue weighted by atomic mass is 32.2. The summed E-state index contributed by atoms with van der Waals surface area (Å²) in [5.41, 5.74) is -0.0344. The first-order valence-electron chi connectivity index (χ1n) is 9.75. The summed E-state index contributed by atoms with van der Waals surface area (Å²) in [6.07, 6.45) is 5.37. The predicted molar refractivity (Wildman–Crippen MR) is 104 cm³/mol. The first kappa shape index (κ1) is 21.7. The quantitative estimate of drug-likeness (QED) is 0.603. The number of hydrogen-bond donors (Lipinski definition) is 1. The fourth-order valence-corrected chi connectivity index (χ4v) is 4.05. The van der Waals surface area contributed by atoms with Gasteiger partial charge in [-0.3, -0.25) is 4.79 Å². The molecule has 5 nitrogen and oxygen atoms in total. The Kier molecular flexibility index (Phi) is 7.65. The van der Waals surface area contributed by atoms with E-state index in [9.17, 15) is 17.6 Å². The lowest BCUT2D eigenvalue weighted by Crippen LogP contribution is -2.33. The van der Waals surface area contributed by atoms with E-state index >= 15 is 0 Å². The SMILES string of the molecule is CCC(C)CCC(CC)COc1ccc(C(=O)NS(=O)(=O)C2CC2)cc1F. The van der Waals surface area contributed by atoms with Gasteiger partial charge in [0.25, 0.3) is 5.91 Å². The molecule has 0 radical (unpaired) electrons. The van der Waals surface area contributed by atoms with E-state index in [1.54, 1.807) is 0 Å². The summed E-state index contributed by atoms with van der Waals surface area (Å²) in [7, 11) is -3.65. The van der Waals surface area contributed by atoms with Crippen molar-refractivity contribution in [2.45, 2.75) is 64.5 Å². The van der Waals surface area contributed by atoms with Gasteiger partial charge < -0.3 is 4.74 Å². The van der Waals surface area contributed by atoms with Crippen molar-refractivity contribution >= 4 is 15.9 Å². The molecule has 2 rings (SSSR count). The minimum Gasteiger partial charge on any atom is -0.490 e. The van der Waals surface area contributed by atoms with Gasteiger partial charge in [0.2, 0.25) is 10.0 Å². The van der Waals surface area contributed by atoms with Crippen LogP contribution in [0.3, 0.4) is 0 Å². The fourth-order valence-electron chi connectivity index (χ4n) is 2.75. The smallest absolute Gasteiger partial charge is 0.264 e. The highest BCUT2D eigenvalue weighted by molar-refractivity contribution is 7.91. The fraction of sp³-hybridized carbons (Fsp3) is 0.650. The van der Waals surface area contributed by atoms with Crippen molar-refractivity contribution in [3.63, 3.8) is 0 Å². The Morgan fingerprint density at radius 2 is 1.96 bits per heavy atom. The molecule has 1 saturated carbocycles. The Labute approximate surface area is 161 Å². The molecule has 1 aromatic rings. The van der Waals surface area contributed by atoms with Gasteiger partial charge in [-0.05, 0) is 49.3 Å². The molecule has 0 bridgehead atoms. The maximum atomic E-state index is 14.3. The molecule has 152 valence electrons. The van der Waals surface area contributed by atoms with Crippen molar-refractivity contribution in [1.82, 2.24) is 4.72 Å². The van der Waals surface area contributed by atoms with E-state index in [4.69, 9.17) is 4.74 Å². The van der Waals surface area contributed by atoms with Gasteiger partial charge in [0.1, 0.15) is 0 Å². The summed E-state index contributed by atoms with van der Waals surface area (Å²) < 4.78 is 45.5. The summed E-state index contributed by atoms with van der Waals surface area (Å²) in [5.74, 6) is -0.375. The first-order valence-corrected chi connectivity index (χ1v) is 11.3. The van der Waals surface area contributed by atoms with Crippen LogP contribution in [-0.4, -0.2) is 26.2 Å². The van der Waals surface area contributed by atoms with Gasteiger partial charge in [0.05, 0.1) is 11.9 Å². The normalized spacial score (nSPS) is 16.6. The Morgan fingerprint density at radius 1 is 1.26 bits per heavy atom. The second-order valence-electron chi connectivity index (χ2n) is 7.50. The highest BCUT2D eigenvalue weighted by Crippen LogP contribution is 2.28. The molecule has 1 aliphatic rings. The molecular formula is C20H30FNO4S. The minimum absolute atomic E-state index is 0.0344. The molecule has 2 unspecified atom stereocenters. The number of carbonyl (C=O) groups is 1. The van der Waals surface area contributed by atoms with Gasteiger partial charge in [0.15, 0.2) is 11.6 Å². The molecule has 1 aromatic carbocycles. The van der Waals surface area contributed by atoms with Crippen LogP contribution in [0.25, 0.3) is 0 Å². The Hall–Kier alpha value is -1.63. The number of ether oxygens (including phenoxy) is 1. The average Bonchev–Trinajstić information content (AvgIpc) is 3.47. The van der Waals surface area contributed by atoms with Crippen molar-refractivity contribution in [2.75, 3.05) is 6.61 Å². The van der Waals surface area contributed by atoms with E-state index in [2.05, 4.69) is 20.8 Å². The van der Waals surface area contributed by atoms with Crippen LogP contribution in [-0.2, 0) is 10.0 Å². The van der Waals surface area contributed by atoms with Gasteiger partial charge in [-0.1, -0.05) is 40.0 Å². The number of rotatable bonds is 11. The van der Waals surface area contributed by atoms with E-state index in [0.717, 1.165) is 31.7 Å². The topological polar surface area (TPSA) is 72.5 Å². The van der Waals surface area contributed by atoms with E-state index in [1.807, 2.05) is 4.72 Å². The van der Waals surface area contributed by atoms with Crippen LogP contribution < -0.4 is 9.46 Å². The summed E-state index contributed by atoms with van der Waals surface area (Å²) in [6.45, 7) is 6.91.